The minimum absolute atomic E-state index is 0.237. The standard InChI is InChI=1S/C19H29N3O2/c1-2-8-20-16(5-1)15-22-12-14-24-19-17(22)6-7-18(19)23-13-11-21-9-3-4-10-21/h1-2,5,8,17-19H,3-4,6-7,9-15H2/t17-,18+,19+/m1/s1. The average molecular weight is 331 g/mol. The summed E-state index contributed by atoms with van der Waals surface area (Å²) in [4.78, 5) is 9.54. The molecule has 0 aromatic carbocycles. The molecule has 3 fully saturated rings. The van der Waals surface area contributed by atoms with Gasteiger partial charge < -0.3 is 14.4 Å². The second kappa shape index (κ2) is 7.91. The Bertz CT molecular complexity index is 507. The summed E-state index contributed by atoms with van der Waals surface area (Å²) >= 11 is 0. The molecule has 1 aliphatic carbocycles. The van der Waals surface area contributed by atoms with Gasteiger partial charge in [0, 0.05) is 31.9 Å². The summed E-state index contributed by atoms with van der Waals surface area (Å²) in [7, 11) is 0. The lowest BCUT2D eigenvalue weighted by Gasteiger charge is -2.39. The number of rotatable bonds is 6. The van der Waals surface area contributed by atoms with Crippen molar-refractivity contribution >= 4 is 0 Å². The maximum absolute atomic E-state index is 6.22. The molecule has 3 heterocycles. The summed E-state index contributed by atoms with van der Waals surface area (Å²) in [6.45, 7) is 7.13. The second-order valence-corrected chi connectivity index (χ2v) is 7.23. The topological polar surface area (TPSA) is 37.8 Å². The van der Waals surface area contributed by atoms with Gasteiger partial charge >= 0.3 is 0 Å². The van der Waals surface area contributed by atoms with Crippen molar-refractivity contribution in [1.82, 2.24) is 14.8 Å². The molecule has 4 rings (SSSR count). The Kier molecular flexibility index (Phi) is 5.43. The molecule has 5 nitrogen and oxygen atoms in total. The predicted molar refractivity (Wildman–Crippen MR) is 92.8 cm³/mol. The van der Waals surface area contributed by atoms with Gasteiger partial charge in [0.05, 0.1) is 31.1 Å². The SMILES string of the molecule is c1ccc(CN2CCO[C@@H]3[C@@H](OCCN4CCCC4)CC[C@H]32)nc1. The molecule has 1 saturated carbocycles. The lowest BCUT2D eigenvalue weighted by atomic mass is 10.1. The summed E-state index contributed by atoms with van der Waals surface area (Å²) in [6.07, 6.45) is 7.37. The first-order valence-corrected chi connectivity index (χ1v) is 9.50. The van der Waals surface area contributed by atoms with Crippen molar-refractivity contribution < 1.29 is 9.47 Å². The Morgan fingerprint density at radius 3 is 2.92 bits per heavy atom. The predicted octanol–water partition coefficient (Wildman–Crippen LogP) is 1.93. The van der Waals surface area contributed by atoms with Crippen LogP contribution in [0, 0.1) is 0 Å². The summed E-state index contributed by atoms with van der Waals surface area (Å²) < 4.78 is 12.3. The van der Waals surface area contributed by atoms with E-state index in [1.165, 1.54) is 32.4 Å². The number of likely N-dealkylation sites (tertiary alicyclic amines) is 1. The summed E-state index contributed by atoms with van der Waals surface area (Å²) in [5.74, 6) is 0. The van der Waals surface area contributed by atoms with Gasteiger partial charge in [-0.2, -0.15) is 0 Å². The number of aromatic nitrogens is 1. The third kappa shape index (κ3) is 3.80. The van der Waals surface area contributed by atoms with Crippen molar-refractivity contribution in [1.29, 1.82) is 0 Å². The second-order valence-electron chi connectivity index (χ2n) is 7.23. The molecular weight excluding hydrogens is 302 g/mol. The zero-order chi connectivity index (χ0) is 16.2. The van der Waals surface area contributed by atoms with Gasteiger partial charge in [0.2, 0.25) is 0 Å². The van der Waals surface area contributed by atoms with Gasteiger partial charge in [0.1, 0.15) is 0 Å². The molecule has 3 atom stereocenters. The number of fused-ring (bicyclic) bond motifs is 1. The molecule has 2 saturated heterocycles. The van der Waals surface area contributed by atoms with E-state index in [2.05, 4.69) is 26.9 Å². The molecule has 0 unspecified atom stereocenters. The Morgan fingerprint density at radius 2 is 2.08 bits per heavy atom. The smallest absolute Gasteiger partial charge is 0.0992 e. The molecule has 0 amide bonds. The molecule has 1 aromatic rings. The van der Waals surface area contributed by atoms with Crippen LogP contribution in [-0.2, 0) is 16.0 Å². The van der Waals surface area contributed by atoms with Gasteiger partial charge in [-0.25, -0.2) is 0 Å². The van der Waals surface area contributed by atoms with Crippen molar-refractivity contribution in [2.45, 2.75) is 50.5 Å². The highest BCUT2D eigenvalue weighted by atomic mass is 16.5. The number of hydrogen-bond donors (Lipinski definition) is 0. The molecule has 0 bridgehead atoms. The van der Waals surface area contributed by atoms with Crippen molar-refractivity contribution in [3.05, 3.63) is 30.1 Å². The molecule has 1 aromatic heterocycles. The summed E-state index contributed by atoms with van der Waals surface area (Å²) in [5.41, 5.74) is 1.15. The van der Waals surface area contributed by atoms with Crippen LogP contribution in [0.2, 0.25) is 0 Å². The van der Waals surface area contributed by atoms with Crippen molar-refractivity contribution in [3.8, 4) is 0 Å². The Balaban J connectivity index is 1.29. The maximum atomic E-state index is 6.22. The molecule has 132 valence electrons. The number of ether oxygens (including phenoxy) is 2. The Hall–Kier alpha value is -1.01. The fraction of sp³-hybridized carbons (Fsp3) is 0.737. The molecule has 0 spiro atoms. The van der Waals surface area contributed by atoms with E-state index in [4.69, 9.17) is 9.47 Å². The van der Waals surface area contributed by atoms with Crippen molar-refractivity contribution in [2.24, 2.45) is 0 Å². The van der Waals surface area contributed by atoms with Crippen molar-refractivity contribution in [2.75, 3.05) is 39.4 Å². The van der Waals surface area contributed by atoms with Crippen LogP contribution in [0.4, 0.5) is 0 Å². The zero-order valence-electron chi connectivity index (χ0n) is 14.5. The van der Waals surface area contributed by atoms with Crippen LogP contribution >= 0.6 is 0 Å². The van der Waals surface area contributed by atoms with Gasteiger partial charge in [-0.3, -0.25) is 9.88 Å². The van der Waals surface area contributed by atoms with Gasteiger partial charge in [0.25, 0.3) is 0 Å². The quantitative estimate of drug-likeness (QED) is 0.796. The van der Waals surface area contributed by atoms with Gasteiger partial charge in [0.15, 0.2) is 0 Å². The Morgan fingerprint density at radius 1 is 1.17 bits per heavy atom. The number of pyridine rings is 1. The first kappa shape index (κ1) is 16.5. The molecule has 5 heteroatoms. The first-order valence-electron chi connectivity index (χ1n) is 9.50. The summed E-state index contributed by atoms with van der Waals surface area (Å²) in [6, 6.07) is 6.64. The van der Waals surface area contributed by atoms with Crippen LogP contribution < -0.4 is 0 Å². The van der Waals surface area contributed by atoms with Crippen LogP contribution in [-0.4, -0.2) is 72.4 Å². The normalized spacial score (nSPS) is 31.4. The third-order valence-electron chi connectivity index (χ3n) is 5.68. The van der Waals surface area contributed by atoms with E-state index >= 15 is 0 Å². The molecular formula is C19H29N3O2. The fourth-order valence-electron chi connectivity index (χ4n) is 4.41. The minimum Gasteiger partial charge on any atom is -0.374 e. The number of nitrogens with zero attached hydrogens (tertiary/aromatic N) is 3. The summed E-state index contributed by atoms with van der Waals surface area (Å²) in [5, 5.41) is 0. The molecule has 2 aliphatic heterocycles. The van der Waals surface area contributed by atoms with Crippen LogP contribution in [0.25, 0.3) is 0 Å². The van der Waals surface area contributed by atoms with Crippen LogP contribution in [0.3, 0.4) is 0 Å². The zero-order valence-corrected chi connectivity index (χ0v) is 14.5. The van der Waals surface area contributed by atoms with Crippen LogP contribution in [0.15, 0.2) is 24.4 Å². The van der Waals surface area contributed by atoms with E-state index in [0.29, 0.717) is 6.04 Å². The van der Waals surface area contributed by atoms with Crippen LogP contribution in [0.1, 0.15) is 31.4 Å². The third-order valence-corrected chi connectivity index (χ3v) is 5.68. The lowest BCUT2D eigenvalue weighted by Crippen LogP contribution is -2.51. The van der Waals surface area contributed by atoms with Crippen LogP contribution in [0.5, 0.6) is 0 Å². The van der Waals surface area contributed by atoms with E-state index < -0.39 is 0 Å². The highest BCUT2D eigenvalue weighted by Gasteiger charge is 2.43. The fourth-order valence-corrected chi connectivity index (χ4v) is 4.41. The van der Waals surface area contributed by atoms with Gasteiger partial charge in [-0.15, -0.1) is 0 Å². The largest absolute Gasteiger partial charge is 0.374 e. The minimum atomic E-state index is 0.237. The van der Waals surface area contributed by atoms with E-state index in [9.17, 15) is 0 Å². The highest BCUT2D eigenvalue weighted by molar-refractivity contribution is 5.05. The first-order chi connectivity index (χ1) is 11.9. The monoisotopic (exact) mass is 331 g/mol. The number of morpholine rings is 1. The van der Waals surface area contributed by atoms with Crippen molar-refractivity contribution in [3.63, 3.8) is 0 Å². The lowest BCUT2D eigenvalue weighted by molar-refractivity contribution is -0.116. The Labute approximate surface area is 144 Å². The molecule has 3 aliphatic rings. The van der Waals surface area contributed by atoms with Gasteiger partial charge in [-0.1, -0.05) is 6.07 Å². The van der Waals surface area contributed by atoms with Gasteiger partial charge in [-0.05, 0) is 50.9 Å². The van der Waals surface area contributed by atoms with E-state index in [1.54, 1.807) is 0 Å². The number of hydrogen-bond acceptors (Lipinski definition) is 5. The maximum Gasteiger partial charge on any atom is 0.0992 e. The molecule has 0 N–H and O–H groups in total. The molecule has 24 heavy (non-hydrogen) atoms. The highest BCUT2D eigenvalue weighted by Crippen LogP contribution is 2.32. The van der Waals surface area contributed by atoms with E-state index in [-0.39, 0.29) is 12.2 Å². The average Bonchev–Trinajstić information content (AvgIpc) is 3.27. The van der Waals surface area contributed by atoms with E-state index in [0.717, 1.165) is 45.0 Å². The molecule has 0 radical (unpaired) electrons. The van der Waals surface area contributed by atoms with E-state index in [1.807, 2.05) is 12.3 Å².